The van der Waals surface area contributed by atoms with Gasteiger partial charge in [-0.05, 0) is 37.3 Å². The Morgan fingerprint density at radius 2 is 1.59 bits per heavy atom. The molecule has 1 atom stereocenters. The lowest BCUT2D eigenvalue weighted by atomic mass is 10.0. The molecule has 0 saturated heterocycles. The van der Waals surface area contributed by atoms with E-state index < -0.39 is 50.8 Å². The first-order valence-electron chi connectivity index (χ1n) is 9.24. The molecule has 8 nitrogen and oxygen atoms in total. The van der Waals surface area contributed by atoms with Gasteiger partial charge in [-0.1, -0.05) is 0 Å². The van der Waals surface area contributed by atoms with Gasteiger partial charge in [0, 0.05) is 18.0 Å². The van der Waals surface area contributed by atoms with E-state index in [1.165, 1.54) is 19.1 Å². The number of hydrogen-bond donors (Lipinski definition) is 1. The van der Waals surface area contributed by atoms with E-state index in [0.29, 0.717) is 12.1 Å². The van der Waals surface area contributed by atoms with E-state index in [-0.39, 0.29) is 22.6 Å². The van der Waals surface area contributed by atoms with Crippen LogP contribution in [0.15, 0.2) is 47.8 Å². The SMILES string of the molecule is C[C@H](NC(=O)c1cc(C(F)(F)F)cc(C(F)(F)F)c1)c1ncnn1-c1ccc(S(C)(=O)=O)cn1. The van der Waals surface area contributed by atoms with E-state index in [9.17, 15) is 39.6 Å². The maximum atomic E-state index is 13.1. The number of halogens is 6. The number of alkyl halides is 6. The van der Waals surface area contributed by atoms with Crippen LogP contribution in [0.1, 0.15) is 40.3 Å². The van der Waals surface area contributed by atoms with Gasteiger partial charge in [-0.15, -0.1) is 0 Å². The summed E-state index contributed by atoms with van der Waals surface area (Å²) in [6.07, 6.45) is -7.07. The molecule has 1 amide bonds. The van der Waals surface area contributed by atoms with Crippen LogP contribution in [0, 0.1) is 0 Å². The fourth-order valence-corrected chi connectivity index (χ4v) is 3.43. The van der Waals surface area contributed by atoms with Gasteiger partial charge in [0.1, 0.15) is 6.33 Å². The first kappa shape index (κ1) is 25.1. The third kappa shape index (κ3) is 5.52. The Labute approximate surface area is 188 Å². The molecule has 15 heteroatoms. The molecular weight excluding hydrogens is 492 g/mol. The smallest absolute Gasteiger partial charge is 0.342 e. The number of pyridine rings is 1. The molecule has 0 saturated carbocycles. The van der Waals surface area contributed by atoms with Crippen LogP contribution in [-0.4, -0.2) is 40.3 Å². The van der Waals surface area contributed by atoms with E-state index in [1.54, 1.807) is 0 Å². The summed E-state index contributed by atoms with van der Waals surface area (Å²) in [5, 5.41) is 6.20. The monoisotopic (exact) mass is 507 g/mol. The fourth-order valence-electron chi connectivity index (χ4n) is 2.87. The Bertz CT molecular complexity index is 1290. The summed E-state index contributed by atoms with van der Waals surface area (Å²) in [7, 11) is -3.51. The van der Waals surface area contributed by atoms with Gasteiger partial charge in [-0.3, -0.25) is 4.79 Å². The number of nitrogens with zero attached hydrogens (tertiary/aromatic N) is 4. The highest BCUT2D eigenvalue weighted by Gasteiger charge is 2.37. The van der Waals surface area contributed by atoms with Crippen molar-refractivity contribution in [2.45, 2.75) is 30.2 Å². The quantitative estimate of drug-likeness (QED) is 0.529. The summed E-state index contributed by atoms with van der Waals surface area (Å²) in [5.74, 6) is -1.06. The minimum atomic E-state index is -5.11. The summed E-state index contributed by atoms with van der Waals surface area (Å²) in [5.41, 5.74) is -4.10. The average molecular weight is 507 g/mol. The van der Waals surface area contributed by atoms with Crippen LogP contribution in [0.5, 0.6) is 0 Å². The Hall–Kier alpha value is -3.49. The molecule has 1 N–H and O–H groups in total. The second-order valence-electron chi connectivity index (χ2n) is 7.14. The molecular formula is C19H15F6N5O3S. The number of amides is 1. The summed E-state index contributed by atoms with van der Waals surface area (Å²) in [6.45, 7) is 1.38. The molecule has 2 heterocycles. The number of benzene rings is 1. The molecule has 0 aliphatic heterocycles. The third-order valence-corrected chi connectivity index (χ3v) is 5.62. The molecule has 0 fully saturated rings. The van der Waals surface area contributed by atoms with Gasteiger partial charge in [0.25, 0.3) is 5.91 Å². The molecule has 0 radical (unpaired) electrons. The summed E-state index contributed by atoms with van der Waals surface area (Å²) >= 11 is 0. The van der Waals surface area contributed by atoms with Crippen molar-refractivity contribution in [3.8, 4) is 5.82 Å². The summed E-state index contributed by atoms with van der Waals surface area (Å²) < 4.78 is 103. The molecule has 182 valence electrons. The van der Waals surface area contributed by atoms with Crippen molar-refractivity contribution in [1.82, 2.24) is 25.1 Å². The van der Waals surface area contributed by atoms with Crippen molar-refractivity contribution in [3.63, 3.8) is 0 Å². The predicted molar refractivity (Wildman–Crippen MR) is 105 cm³/mol. The van der Waals surface area contributed by atoms with Gasteiger partial charge < -0.3 is 5.32 Å². The number of rotatable bonds is 5. The molecule has 3 aromatic rings. The standard InChI is InChI=1S/C19H15F6N5O3S/c1-10(16-27-9-28-30(16)15-4-3-14(8-26-15)34(2,32)33)29-17(31)11-5-12(18(20,21)22)7-13(6-11)19(23,24)25/h3-10H,1-2H3,(H,29,31)/t10-/m0/s1. The highest BCUT2D eigenvalue weighted by Crippen LogP contribution is 2.36. The summed E-state index contributed by atoms with van der Waals surface area (Å²) in [4.78, 5) is 20.4. The number of nitrogens with one attached hydrogen (secondary N) is 1. The normalized spacial score (nSPS) is 13.5. The van der Waals surface area contributed by atoms with Crippen LogP contribution in [0.4, 0.5) is 26.3 Å². The summed E-state index contributed by atoms with van der Waals surface area (Å²) in [6, 6.07) is 2.08. The van der Waals surface area contributed by atoms with E-state index in [4.69, 9.17) is 0 Å². The van der Waals surface area contributed by atoms with Crippen LogP contribution < -0.4 is 5.32 Å². The van der Waals surface area contributed by atoms with Crippen molar-refractivity contribution in [2.75, 3.05) is 6.26 Å². The molecule has 0 bridgehead atoms. The van der Waals surface area contributed by atoms with Crippen molar-refractivity contribution in [1.29, 1.82) is 0 Å². The van der Waals surface area contributed by atoms with Gasteiger partial charge in [0.15, 0.2) is 21.5 Å². The predicted octanol–water partition coefficient (Wildman–Crippen LogP) is 3.59. The molecule has 2 aromatic heterocycles. The Balaban J connectivity index is 1.90. The molecule has 0 aliphatic carbocycles. The largest absolute Gasteiger partial charge is 0.416 e. The lowest BCUT2D eigenvalue weighted by Gasteiger charge is -2.17. The van der Waals surface area contributed by atoms with Gasteiger partial charge in [0.2, 0.25) is 0 Å². The number of carbonyl (C=O) groups excluding carboxylic acids is 1. The highest BCUT2D eigenvalue weighted by molar-refractivity contribution is 7.90. The Kier molecular flexibility index (Phi) is 6.43. The maximum Gasteiger partial charge on any atom is 0.416 e. The first-order chi connectivity index (χ1) is 15.6. The number of carbonyl (C=O) groups is 1. The minimum absolute atomic E-state index is 0.0379. The third-order valence-electron chi connectivity index (χ3n) is 4.52. The van der Waals surface area contributed by atoms with Gasteiger partial charge >= 0.3 is 12.4 Å². The van der Waals surface area contributed by atoms with Gasteiger partial charge in [-0.25, -0.2) is 18.4 Å². The fraction of sp³-hybridized carbons (Fsp3) is 0.263. The Morgan fingerprint density at radius 3 is 2.06 bits per heavy atom. The van der Waals surface area contributed by atoms with E-state index >= 15 is 0 Å². The van der Waals surface area contributed by atoms with Crippen molar-refractivity contribution >= 4 is 15.7 Å². The van der Waals surface area contributed by atoms with Crippen LogP contribution in [0.3, 0.4) is 0 Å². The zero-order valence-electron chi connectivity index (χ0n) is 17.3. The topological polar surface area (TPSA) is 107 Å². The van der Waals surface area contributed by atoms with E-state index in [2.05, 4.69) is 20.4 Å². The molecule has 0 unspecified atom stereocenters. The zero-order valence-corrected chi connectivity index (χ0v) is 18.1. The zero-order chi connectivity index (χ0) is 25.5. The number of hydrogen-bond acceptors (Lipinski definition) is 6. The average Bonchev–Trinajstić information content (AvgIpc) is 3.21. The number of aromatic nitrogens is 4. The second-order valence-corrected chi connectivity index (χ2v) is 9.16. The van der Waals surface area contributed by atoms with Crippen molar-refractivity contribution in [2.24, 2.45) is 0 Å². The minimum Gasteiger partial charge on any atom is -0.342 e. The lowest BCUT2D eigenvalue weighted by molar-refractivity contribution is -0.143. The van der Waals surface area contributed by atoms with Gasteiger partial charge in [-0.2, -0.15) is 36.1 Å². The molecule has 0 aliphatic rings. The molecule has 34 heavy (non-hydrogen) atoms. The van der Waals surface area contributed by atoms with Crippen LogP contribution in [-0.2, 0) is 22.2 Å². The van der Waals surface area contributed by atoms with Gasteiger partial charge in [0.05, 0.1) is 22.1 Å². The van der Waals surface area contributed by atoms with Crippen molar-refractivity contribution < 1.29 is 39.6 Å². The van der Waals surface area contributed by atoms with Crippen LogP contribution in [0.25, 0.3) is 5.82 Å². The van der Waals surface area contributed by atoms with E-state index in [1.807, 2.05) is 0 Å². The molecule has 3 rings (SSSR count). The van der Waals surface area contributed by atoms with E-state index in [0.717, 1.165) is 23.5 Å². The first-order valence-corrected chi connectivity index (χ1v) is 11.1. The van der Waals surface area contributed by atoms with Crippen LogP contribution >= 0.6 is 0 Å². The molecule has 0 spiro atoms. The Morgan fingerprint density at radius 1 is 1.00 bits per heavy atom. The number of sulfone groups is 1. The second kappa shape index (κ2) is 8.70. The molecule has 1 aromatic carbocycles. The van der Waals surface area contributed by atoms with Crippen molar-refractivity contribution in [3.05, 3.63) is 65.4 Å². The van der Waals surface area contributed by atoms with Crippen LogP contribution in [0.2, 0.25) is 0 Å². The highest BCUT2D eigenvalue weighted by atomic mass is 32.2. The lowest BCUT2D eigenvalue weighted by Crippen LogP contribution is -2.29. The maximum absolute atomic E-state index is 13.1.